The summed E-state index contributed by atoms with van der Waals surface area (Å²) in [7, 11) is 0. The molecular weight excluding hydrogens is 711 g/mol. The number of fused-ring (bicyclic) bond motifs is 6. The lowest BCUT2D eigenvalue weighted by atomic mass is 9.68. The van der Waals surface area contributed by atoms with E-state index in [2.05, 4.69) is 243 Å². The molecule has 1 nitrogen and oxygen atoms in total. The highest BCUT2D eigenvalue weighted by atomic mass is 15.1. The van der Waals surface area contributed by atoms with E-state index in [9.17, 15) is 0 Å². The van der Waals surface area contributed by atoms with Gasteiger partial charge in [0.25, 0.3) is 0 Å². The zero-order chi connectivity index (χ0) is 39.6. The Labute approximate surface area is 347 Å². The molecular formula is C58H43N. The van der Waals surface area contributed by atoms with Gasteiger partial charge < -0.3 is 4.90 Å². The van der Waals surface area contributed by atoms with Crippen LogP contribution in [-0.2, 0) is 10.8 Å². The summed E-state index contributed by atoms with van der Waals surface area (Å²) in [6.45, 7) is 4.73. The maximum absolute atomic E-state index is 2.48. The molecule has 2 aliphatic rings. The molecule has 0 unspecified atom stereocenters. The van der Waals surface area contributed by atoms with Crippen LogP contribution in [0.4, 0.5) is 17.1 Å². The van der Waals surface area contributed by atoms with Crippen LogP contribution in [0.5, 0.6) is 0 Å². The lowest BCUT2D eigenvalue weighted by molar-refractivity contribution is 0.660. The molecule has 0 aromatic heterocycles. The summed E-state index contributed by atoms with van der Waals surface area (Å²) in [6.07, 6.45) is 0. The third-order valence-corrected chi connectivity index (χ3v) is 13.0. The second kappa shape index (κ2) is 13.7. The van der Waals surface area contributed by atoms with Crippen LogP contribution in [0.15, 0.2) is 224 Å². The first-order valence-electron chi connectivity index (χ1n) is 20.7. The monoisotopic (exact) mass is 753 g/mol. The fourth-order valence-corrected chi connectivity index (χ4v) is 10.2. The minimum absolute atomic E-state index is 0.137. The molecule has 2 aliphatic carbocycles. The van der Waals surface area contributed by atoms with Crippen molar-refractivity contribution in [2.75, 3.05) is 4.90 Å². The highest BCUT2D eigenvalue weighted by Crippen LogP contribution is 2.57. The van der Waals surface area contributed by atoms with Crippen LogP contribution in [-0.4, -0.2) is 0 Å². The summed E-state index contributed by atoms with van der Waals surface area (Å²) in [6, 6.07) is 83.0. The van der Waals surface area contributed by atoms with Crippen molar-refractivity contribution in [2.45, 2.75) is 24.7 Å². The fraction of sp³-hybridized carbons (Fsp3) is 0.0690. The molecule has 9 aromatic carbocycles. The Hall–Kier alpha value is -7.22. The van der Waals surface area contributed by atoms with Gasteiger partial charge in [-0.3, -0.25) is 0 Å². The van der Waals surface area contributed by atoms with Crippen molar-refractivity contribution in [3.63, 3.8) is 0 Å². The zero-order valence-electron chi connectivity index (χ0n) is 33.3. The van der Waals surface area contributed by atoms with Gasteiger partial charge in [0.1, 0.15) is 0 Å². The van der Waals surface area contributed by atoms with Gasteiger partial charge >= 0.3 is 0 Å². The molecule has 0 aliphatic heterocycles. The maximum atomic E-state index is 2.48. The average molecular weight is 754 g/mol. The Morgan fingerprint density at radius 3 is 1.41 bits per heavy atom. The van der Waals surface area contributed by atoms with Crippen LogP contribution < -0.4 is 4.90 Å². The van der Waals surface area contributed by atoms with Gasteiger partial charge in [-0.2, -0.15) is 0 Å². The van der Waals surface area contributed by atoms with Gasteiger partial charge in [-0.05, 0) is 109 Å². The van der Waals surface area contributed by atoms with E-state index in [-0.39, 0.29) is 5.41 Å². The van der Waals surface area contributed by atoms with Crippen molar-refractivity contribution in [3.8, 4) is 44.5 Å². The van der Waals surface area contributed by atoms with Crippen molar-refractivity contribution in [1.82, 2.24) is 0 Å². The van der Waals surface area contributed by atoms with E-state index in [1.165, 1.54) is 77.9 Å². The number of nitrogens with zero attached hydrogens (tertiary/aromatic N) is 1. The van der Waals surface area contributed by atoms with Crippen LogP contribution in [0.1, 0.15) is 47.2 Å². The molecule has 0 saturated carbocycles. The van der Waals surface area contributed by atoms with Gasteiger partial charge in [-0.25, -0.2) is 0 Å². The summed E-state index contributed by atoms with van der Waals surface area (Å²) in [5, 5.41) is 0. The van der Waals surface area contributed by atoms with Crippen molar-refractivity contribution in [1.29, 1.82) is 0 Å². The van der Waals surface area contributed by atoms with Crippen molar-refractivity contribution < 1.29 is 0 Å². The summed E-state index contributed by atoms with van der Waals surface area (Å²) in [5.41, 5.74) is 20.6. The van der Waals surface area contributed by atoms with E-state index in [4.69, 9.17) is 0 Å². The van der Waals surface area contributed by atoms with Crippen LogP contribution in [0, 0.1) is 0 Å². The average Bonchev–Trinajstić information content (AvgIpc) is 3.73. The van der Waals surface area contributed by atoms with Crippen LogP contribution in [0.3, 0.4) is 0 Å². The maximum Gasteiger partial charge on any atom is 0.0713 e. The molecule has 11 rings (SSSR count). The molecule has 0 N–H and O–H groups in total. The normalized spacial score (nSPS) is 13.9. The third kappa shape index (κ3) is 5.39. The molecule has 0 atom stereocenters. The number of hydrogen-bond donors (Lipinski definition) is 0. The molecule has 0 bridgehead atoms. The van der Waals surface area contributed by atoms with Crippen LogP contribution in [0.2, 0.25) is 0 Å². The predicted octanol–water partition coefficient (Wildman–Crippen LogP) is 15.2. The van der Waals surface area contributed by atoms with Crippen LogP contribution >= 0.6 is 0 Å². The standard InChI is InChI=1S/C58H43N/c1-57(2)52-27-15-12-24-47(52)50-36-35-46(39-55(50)57)59(56-37-30-42(40-18-6-3-7-19-40)38-51(56)41-20-8-4-9-21-41)45-33-31-44(32-34-45)58(43-22-10-5-11-23-43)53-28-16-13-25-48(53)49-26-14-17-29-54(49)58/h3-39H,1-2H3. The molecule has 1 heteroatoms. The number of rotatable bonds is 7. The predicted molar refractivity (Wildman–Crippen MR) is 247 cm³/mol. The SMILES string of the molecule is CC1(C)c2ccccc2-c2ccc(N(c3ccc(C4(c5ccccc5)c5ccccc5-c5ccccc54)cc3)c3ccc(-c4ccccc4)cc3-c3ccccc3)cc21. The van der Waals surface area contributed by atoms with Crippen molar-refractivity contribution >= 4 is 17.1 Å². The van der Waals surface area contributed by atoms with Crippen molar-refractivity contribution in [3.05, 3.63) is 258 Å². The molecule has 0 heterocycles. The second-order valence-electron chi connectivity index (χ2n) is 16.5. The molecule has 9 aromatic rings. The molecule has 59 heavy (non-hydrogen) atoms. The number of benzene rings is 9. The van der Waals surface area contributed by atoms with Gasteiger partial charge in [-0.1, -0.05) is 202 Å². The highest BCUT2D eigenvalue weighted by molar-refractivity contribution is 5.93. The zero-order valence-corrected chi connectivity index (χ0v) is 33.3. The first-order valence-corrected chi connectivity index (χ1v) is 20.7. The Bertz CT molecular complexity index is 2950. The quantitative estimate of drug-likeness (QED) is 0.157. The summed E-state index contributed by atoms with van der Waals surface area (Å²) >= 11 is 0. The van der Waals surface area contributed by atoms with Gasteiger partial charge in [-0.15, -0.1) is 0 Å². The van der Waals surface area contributed by atoms with Gasteiger partial charge in [0.15, 0.2) is 0 Å². The Kier molecular flexibility index (Phi) is 8.13. The van der Waals surface area contributed by atoms with E-state index in [0.29, 0.717) is 0 Å². The molecule has 0 fully saturated rings. The largest absolute Gasteiger partial charge is 0.310 e. The first kappa shape index (κ1) is 35.0. The van der Waals surface area contributed by atoms with E-state index in [1.807, 2.05) is 0 Å². The second-order valence-corrected chi connectivity index (χ2v) is 16.5. The molecule has 280 valence electrons. The lowest BCUT2D eigenvalue weighted by Crippen LogP contribution is -2.28. The molecule has 0 radical (unpaired) electrons. The fourth-order valence-electron chi connectivity index (χ4n) is 10.2. The molecule has 0 saturated heterocycles. The first-order chi connectivity index (χ1) is 29.0. The van der Waals surface area contributed by atoms with Crippen molar-refractivity contribution in [2.24, 2.45) is 0 Å². The smallest absolute Gasteiger partial charge is 0.0713 e. The number of hydrogen-bond acceptors (Lipinski definition) is 1. The van der Waals surface area contributed by atoms with E-state index < -0.39 is 5.41 Å². The van der Waals surface area contributed by atoms with Gasteiger partial charge in [0.2, 0.25) is 0 Å². The highest BCUT2D eigenvalue weighted by Gasteiger charge is 2.46. The molecule has 0 amide bonds. The molecule has 0 spiro atoms. The van der Waals surface area contributed by atoms with Gasteiger partial charge in [0, 0.05) is 22.4 Å². The minimum atomic E-state index is -0.465. The van der Waals surface area contributed by atoms with Gasteiger partial charge in [0.05, 0.1) is 11.1 Å². The van der Waals surface area contributed by atoms with Crippen LogP contribution in [0.25, 0.3) is 44.5 Å². The van der Waals surface area contributed by atoms with E-state index in [1.54, 1.807) is 0 Å². The summed E-state index contributed by atoms with van der Waals surface area (Å²) in [5.74, 6) is 0. The number of anilines is 3. The minimum Gasteiger partial charge on any atom is -0.310 e. The third-order valence-electron chi connectivity index (χ3n) is 13.0. The van der Waals surface area contributed by atoms with E-state index in [0.717, 1.165) is 17.1 Å². The Morgan fingerprint density at radius 1 is 0.305 bits per heavy atom. The summed E-state index contributed by atoms with van der Waals surface area (Å²) in [4.78, 5) is 2.48. The topological polar surface area (TPSA) is 3.24 Å². The Morgan fingerprint density at radius 2 is 0.780 bits per heavy atom. The van der Waals surface area contributed by atoms with E-state index >= 15 is 0 Å². The Balaban J connectivity index is 1.14. The lowest BCUT2D eigenvalue weighted by Gasteiger charge is -2.35. The summed E-state index contributed by atoms with van der Waals surface area (Å²) < 4.78 is 0.